The molecule has 1 fully saturated rings. The van der Waals surface area contributed by atoms with Crippen LogP contribution in [0.25, 0.3) is 0 Å². The third-order valence-electron chi connectivity index (χ3n) is 3.88. The van der Waals surface area contributed by atoms with E-state index in [2.05, 4.69) is 15.6 Å². The highest BCUT2D eigenvalue weighted by atomic mass is 19.1. The Labute approximate surface area is 150 Å². The quantitative estimate of drug-likeness (QED) is 0.876. The van der Waals surface area contributed by atoms with Crippen LogP contribution >= 0.6 is 0 Å². The third-order valence-corrected chi connectivity index (χ3v) is 3.88. The average molecular weight is 358 g/mol. The molecule has 2 amide bonds. The van der Waals surface area contributed by atoms with Crippen LogP contribution < -0.4 is 15.5 Å². The van der Waals surface area contributed by atoms with Crippen LogP contribution in [0.3, 0.4) is 0 Å². The molecule has 8 heteroatoms. The maximum absolute atomic E-state index is 13.7. The lowest BCUT2D eigenvalue weighted by Crippen LogP contribution is -2.38. The number of ether oxygens (including phenoxy) is 1. The minimum absolute atomic E-state index is 0.00916. The second-order valence-corrected chi connectivity index (χ2v) is 5.80. The minimum atomic E-state index is -0.575. The van der Waals surface area contributed by atoms with Crippen LogP contribution in [0, 0.1) is 5.82 Å². The van der Waals surface area contributed by atoms with E-state index in [4.69, 9.17) is 4.74 Å². The first kappa shape index (κ1) is 17.8. The van der Waals surface area contributed by atoms with Gasteiger partial charge in [-0.15, -0.1) is 0 Å². The standard InChI is InChI=1S/C18H19FN4O3/c1-12(24)21-16-11-13(4-5-15(16)19)22-18(25)14-3-2-6-20-17(14)23-7-9-26-10-8-23/h2-6,11H,7-10H2,1H3,(H,21,24)(H,22,25). The molecule has 7 nitrogen and oxygen atoms in total. The van der Waals surface area contributed by atoms with E-state index in [0.29, 0.717) is 43.4 Å². The van der Waals surface area contributed by atoms with E-state index < -0.39 is 11.7 Å². The molecule has 1 aromatic carbocycles. The summed E-state index contributed by atoms with van der Waals surface area (Å²) in [6, 6.07) is 7.37. The maximum Gasteiger partial charge on any atom is 0.259 e. The number of halogens is 1. The zero-order chi connectivity index (χ0) is 18.5. The zero-order valence-electron chi connectivity index (χ0n) is 14.3. The molecule has 0 atom stereocenters. The van der Waals surface area contributed by atoms with Crippen LogP contribution in [-0.2, 0) is 9.53 Å². The van der Waals surface area contributed by atoms with Gasteiger partial charge < -0.3 is 20.3 Å². The molecule has 3 rings (SSSR count). The van der Waals surface area contributed by atoms with Crippen molar-refractivity contribution >= 4 is 29.0 Å². The van der Waals surface area contributed by atoms with Crippen LogP contribution in [0.4, 0.5) is 21.6 Å². The molecule has 0 saturated carbocycles. The second kappa shape index (κ2) is 7.92. The van der Waals surface area contributed by atoms with Crippen molar-refractivity contribution in [2.45, 2.75) is 6.92 Å². The van der Waals surface area contributed by atoms with Crippen molar-refractivity contribution in [3.05, 3.63) is 47.9 Å². The van der Waals surface area contributed by atoms with E-state index in [1.54, 1.807) is 18.3 Å². The SMILES string of the molecule is CC(=O)Nc1cc(NC(=O)c2cccnc2N2CCOCC2)ccc1F. The summed E-state index contributed by atoms with van der Waals surface area (Å²) in [4.78, 5) is 30.2. The highest BCUT2D eigenvalue weighted by molar-refractivity contribution is 6.07. The summed E-state index contributed by atoms with van der Waals surface area (Å²) in [6.45, 7) is 3.75. The largest absolute Gasteiger partial charge is 0.378 e. The number of hydrogen-bond acceptors (Lipinski definition) is 5. The molecule has 0 radical (unpaired) electrons. The zero-order valence-corrected chi connectivity index (χ0v) is 14.3. The van der Waals surface area contributed by atoms with Gasteiger partial charge in [-0.2, -0.15) is 0 Å². The summed E-state index contributed by atoms with van der Waals surface area (Å²) in [7, 11) is 0. The number of pyridine rings is 1. The molecule has 0 unspecified atom stereocenters. The fraction of sp³-hybridized carbons (Fsp3) is 0.278. The molecule has 2 N–H and O–H groups in total. The van der Waals surface area contributed by atoms with E-state index in [-0.39, 0.29) is 11.6 Å². The summed E-state index contributed by atoms with van der Waals surface area (Å²) in [5, 5.41) is 5.11. The van der Waals surface area contributed by atoms with Crippen LogP contribution in [0.5, 0.6) is 0 Å². The molecule has 0 bridgehead atoms. The van der Waals surface area contributed by atoms with Gasteiger partial charge in [-0.05, 0) is 30.3 Å². The van der Waals surface area contributed by atoms with E-state index in [0.717, 1.165) is 0 Å². The van der Waals surface area contributed by atoms with E-state index in [9.17, 15) is 14.0 Å². The molecule has 1 aromatic heterocycles. The van der Waals surface area contributed by atoms with Crippen LogP contribution in [-0.4, -0.2) is 43.1 Å². The van der Waals surface area contributed by atoms with Crippen molar-refractivity contribution in [1.29, 1.82) is 0 Å². The smallest absolute Gasteiger partial charge is 0.259 e. The minimum Gasteiger partial charge on any atom is -0.378 e. The molecule has 136 valence electrons. The molecular formula is C18H19FN4O3. The van der Waals surface area contributed by atoms with Crippen LogP contribution in [0.15, 0.2) is 36.5 Å². The molecule has 1 aliphatic rings. The van der Waals surface area contributed by atoms with Crippen molar-refractivity contribution in [2.75, 3.05) is 41.8 Å². The lowest BCUT2D eigenvalue weighted by molar-refractivity contribution is -0.114. The van der Waals surface area contributed by atoms with Crippen LogP contribution in [0.2, 0.25) is 0 Å². The van der Waals surface area contributed by atoms with Crippen molar-refractivity contribution in [2.24, 2.45) is 0 Å². The molecule has 2 heterocycles. The highest BCUT2D eigenvalue weighted by Crippen LogP contribution is 2.23. The number of hydrogen-bond donors (Lipinski definition) is 2. The topological polar surface area (TPSA) is 83.6 Å². The molecule has 2 aromatic rings. The first-order valence-corrected chi connectivity index (χ1v) is 8.21. The van der Waals surface area contributed by atoms with Gasteiger partial charge in [0.1, 0.15) is 11.6 Å². The number of aromatic nitrogens is 1. The predicted molar refractivity (Wildman–Crippen MR) is 95.9 cm³/mol. The molecule has 0 spiro atoms. The lowest BCUT2D eigenvalue weighted by atomic mass is 10.2. The average Bonchev–Trinajstić information content (AvgIpc) is 2.65. The number of amides is 2. The Morgan fingerprint density at radius 3 is 2.69 bits per heavy atom. The van der Waals surface area contributed by atoms with Gasteiger partial charge in [0.25, 0.3) is 5.91 Å². The van der Waals surface area contributed by atoms with Gasteiger partial charge in [0.15, 0.2) is 0 Å². The number of rotatable bonds is 4. The van der Waals surface area contributed by atoms with Gasteiger partial charge in [-0.25, -0.2) is 9.37 Å². The molecule has 26 heavy (non-hydrogen) atoms. The number of carbonyl (C=O) groups excluding carboxylic acids is 2. The molecule has 1 saturated heterocycles. The van der Waals surface area contributed by atoms with Gasteiger partial charge in [0, 0.05) is 31.9 Å². The number of morpholine rings is 1. The monoisotopic (exact) mass is 358 g/mol. The number of anilines is 3. The molecule has 0 aliphatic carbocycles. The molecule has 1 aliphatic heterocycles. The van der Waals surface area contributed by atoms with E-state index in [1.807, 2.05) is 4.90 Å². The van der Waals surface area contributed by atoms with Crippen molar-refractivity contribution in [3.63, 3.8) is 0 Å². The first-order chi connectivity index (χ1) is 12.5. The third kappa shape index (κ3) is 4.15. The first-order valence-electron chi connectivity index (χ1n) is 8.21. The van der Waals surface area contributed by atoms with Gasteiger partial charge in [0.2, 0.25) is 5.91 Å². The number of nitrogens with zero attached hydrogens (tertiary/aromatic N) is 2. The van der Waals surface area contributed by atoms with Crippen molar-refractivity contribution in [3.8, 4) is 0 Å². The van der Waals surface area contributed by atoms with E-state index >= 15 is 0 Å². The fourth-order valence-electron chi connectivity index (χ4n) is 2.69. The van der Waals surface area contributed by atoms with Gasteiger partial charge in [0.05, 0.1) is 24.5 Å². The summed E-state index contributed by atoms with van der Waals surface area (Å²) >= 11 is 0. The second-order valence-electron chi connectivity index (χ2n) is 5.80. The number of nitrogens with one attached hydrogen (secondary N) is 2. The van der Waals surface area contributed by atoms with E-state index in [1.165, 1.54) is 25.1 Å². The normalized spacial score (nSPS) is 14.0. The fourth-order valence-corrected chi connectivity index (χ4v) is 2.69. The van der Waals surface area contributed by atoms with Gasteiger partial charge >= 0.3 is 0 Å². The predicted octanol–water partition coefficient (Wildman–Crippen LogP) is 2.27. The Bertz CT molecular complexity index is 822. The van der Waals surface area contributed by atoms with Crippen molar-refractivity contribution in [1.82, 2.24) is 4.98 Å². The summed E-state index contributed by atoms with van der Waals surface area (Å²) in [6.07, 6.45) is 1.63. The Hall–Kier alpha value is -3.00. The Balaban J connectivity index is 1.81. The summed E-state index contributed by atoms with van der Waals surface area (Å²) < 4.78 is 19.1. The highest BCUT2D eigenvalue weighted by Gasteiger charge is 2.20. The summed E-state index contributed by atoms with van der Waals surface area (Å²) in [5.41, 5.74) is 0.798. The number of carbonyl (C=O) groups is 2. The Kier molecular flexibility index (Phi) is 5.43. The maximum atomic E-state index is 13.7. The van der Waals surface area contributed by atoms with Crippen molar-refractivity contribution < 1.29 is 18.7 Å². The Morgan fingerprint density at radius 2 is 1.96 bits per heavy atom. The van der Waals surface area contributed by atoms with Crippen LogP contribution in [0.1, 0.15) is 17.3 Å². The van der Waals surface area contributed by atoms with Gasteiger partial charge in [-0.3, -0.25) is 9.59 Å². The Morgan fingerprint density at radius 1 is 1.19 bits per heavy atom. The van der Waals surface area contributed by atoms with Gasteiger partial charge in [-0.1, -0.05) is 0 Å². The lowest BCUT2D eigenvalue weighted by Gasteiger charge is -2.29. The summed E-state index contributed by atoms with van der Waals surface area (Å²) in [5.74, 6) is -0.750. The number of benzene rings is 1. The molecular weight excluding hydrogens is 339 g/mol.